The zero-order valence-electron chi connectivity index (χ0n) is 9.54. The molecule has 1 N–H and O–H groups in total. The van der Waals surface area contributed by atoms with Crippen LogP contribution in [0.4, 0.5) is 0 Å². The molecule has 0 spiro atoms. The summed E-state index contributed by atoms with van der Waals surface area (Å²) in [4.78, 5) is 15.9. The lowest BCUT2D eigenvalue weighted by molar-refractivity contribution is -0.133. The number of carbonyl (C=O) groups is 1. The van der Waals surface area contributed by atoms with Gasteiger partial charge in [0.15, 0.2) is 5.16 Å². The average Bonchev–Trinajstić information content (AvgIpc) is 2.93. The third kappa shape index (κ3) is 3.07. The molecule has 0 fully saturated rings. The second-order valence-electron chi connectivity index (χ2n) is 3.62. The molecule has 96 valence electrons. The first-order chi connectivity index (χ1) is 8.58. The van der Waals surface area contributed by atoms with Gasteiger partial charge in [0.2, 0.25) is 0 Å². The van der Waals surface area contributed by atoms with Crippen molar-refractivity contribution in [1.29, 1.82) is 0 Å². The number of rotatable bonds is 5. The highest BCUT2D eigenvalue weighted by atomic mass is 35.5. The van der Waals surface area contributed by atoms with Crippen LogP contribution in [0.25, 0.3) is 0 Å². The highest BCUT2D eigenvalue weighted by Gasteiger charge is 2.15. The lowest BCUT2D eigenvalue weighted by Gasteiger charge is -2.14. The maximum absolute atomic E-state index is 10.6. The molecule has 7 heteroatoms. The Kier molecular flexibility index (Phi) is 4.31. The van der Waals surface area contributed by atoms with E-state index in [9.17, 15) is 4.79 Å². The van der Waals surface area contributed by atoms with Crippen LogP contribution in [0.15, 0.2) is 29.7 Å². The molecule has 2 aromatic heterocycles. The molecule has 1 unspecified atom stereocenters. The molecule has 0 amide bonds. The van der Waals surface area contributed by atoms with Crippen molar-refractivity contribution in [1.82, 2.24) is 9.55 Å². The van der Waals surface area contributed by atoms with Crippen molar-refractivity contribution < 1.29 is 9.90 Å². The molecule has 0 saturated heterocycles. The first-order valence-corrected chi connectivity index (χ1v) is 7.38. The topological polar surface area (TPSA) is 55.1 Å². The predicted octanol–water partition coefficient (Wildman–Crippen LogP) is 3.38. The van der Waals surface area contributed by atoms with E-state index in [-0.39, 0.29) is 11.8 Å². The van der Waals surface area contributed by atoms with Crippen molar-refractivity contribution in [3.63, 3.8) is 0 Å². The van der Waals surface area contributed by atoms with Gasteiger partial charge in [-0.05, 0) is 19.1 Å². The van der Waals surface area contributed by atoms with Gasteiger partial charge in [-0.25, -0.2) is 4.98 Å². The Morgan fingerprint density at radius 1 is 1.67 bits per heavy atom. The van der Waals surface area contributed by atoms with Crippen LogP contribution in [-0.4, -0.2) is 26.4 Å². The molecule has 4 nitrogen and oxygen atoms in total. The Morgan fingerprint density at radius 3 is 3.06 bits per heavy atom. The SMILES string of the molecule is CC(c1ccc(Cl)s1)n1ccnc1SCC(=O)O. The number of thioether (sulfide) groups is 1. The van der Waals surface area contributed by atoms with E-state index in [0.29, 0.717) is 5.16 Å². The first kappa shape index (κ1) is 13.5. The van der Waals surface area contributed by atoms with Gasteiger partial charge in [-0.3, -0.25) is 4.79 Å². The summed E-state index contributed by atoms with van der Waals surface area (Å²) in [5, 5.41) is 9.39. The molecular formula is C11H11ClN2O2S2. The van der Waals surface area contributed by atoms with Crippen molar-refractivity contribution >= 4 is 40.7 Å². The molecule has 2 aromatic rings. The average molecular weight is 303 g/mol. The van der Waals surface area contributed by atoms with E-state index in [1.165, 1.54) is 23.1 Å². The summed E-state index contributed by atoms with van der Waals surface area (Å²) in [6.45, 7) is 2.04. The number of carboxylic acid groups (broad SMARTS) is 1. The molecular weight excluding hydrogens is 292 g/mol. The van der Waals surface area contributed by atoms with E-state index in [1.807, 2.05) is 29.8 Å². The van der Waals surface area contributed by atoms with Crippen LogP contribution in [0.3, 0.4) is 0 Å². The van der Waals surface area contributed by atoms with Crippen molar-refractivity contribution in [3.8, 4) is 0 Å². The number of hydrogen-bond donors (Lipinski definition) is 1. The lowest BCUT2D eigenvalue weighted by atomic mass is 10.3. The zero-order chi connectivity index (χ0) is 13.1. The Hall–Kier alpha value is -0.980. The second kappa shape index (κ2) is 5.77. The summed E-state index contributed by atoms with van der Waals surface area (Å²) in [6.07, 6.45) is 3.53. The normalized spacial score (nSPS) is 12.6. The molecule has 0 aliphatic rings. The predicted molar refractivity (Wildman–Crippen MR) is 73.7 cm³/mol. The number of thiophene rings is 1. The Bertz CT molecular complexity index is 553. The monoisotopic (exact) mass is 302 g/mol. The summed E-state index contributed by atoms with van der Waals surface area (Å²) >= 11 is 8.65. The minimum absolute atomic E-state index is 0.00886. The van der Waals surface area contributed by atoms with Crippen molar-refractivity contribution in [3.05, 3.63) is 33.7 Å². The van der Waals surface area contributed by atoms with Crippen LogP contribution < -0.4 is 0 Å². The van der Waals surface area contributed by atoms with Crippen molar-refractivity contribution in [2.24, 2.45) is 0 Å². The number of aliphatic carboxylic acids is 1. The van der Waals surface area contributed by atoms with E-state index in [4.69, 9.17) is 16.7 Å². The Labute approximate surface area is 118 Å². The van der Waals surface area contributed by atoms with Gasteiger partial charge in [0, 0.05) is 17.3 Å². The van der Waals surface area contributed by atoms with Gasteiger partial charge in [0.1, 0.15) is 0 Å². The van der Waals surface area contributed by atoms with Gasteiger partial charge < -0.3 is 9.67 Å². The maximum Gasteiger partial charge on any atom is 0.313 e. The number of nitrogens with zero attached hydrogens (tertiary/aromatic N) is 2. The molecule has 0 aliphatic carbocycles. The lowest BCUT2D eigenvalue weighted by Crippen LogP contribution is -2.07. The van der Waals surface area contributed by atoms with Gasteiger partial charge in [-0.1, -0.05) is 23.4 Å². The molecule has 0 saturated carbocycles. The van der Waals surface area contributed by atoms with Crippen LogP contribution >= 0.6 is 34.7 Å². The fourth-order valence-corrected chi connectivity index (χ4v) is 3.39. The number of halogens is 1. The number of hydrogen-bond acceptors (Lipinski definition) is 4. The van der Waals surface area contributed by atoms with Crippen molar-refractivity contribution in [2.75, 3.05) is 5.75 Å². The molecule has 2 heterocycles. The van der Waals surface area contributed by atoms with E-state index in [1.54, 1.807) is 6.20 Å². The molecule has 0 aliphatic heterocycles. The Morgan fingerprint density at radius 2 is 2.44 bits per heavy atom. The minimum atomic E-state index is -0.846. The third-order valence-corrected chi connectivity index (χ3v) is 4.75. The summed E-state index contributed by atoms with van der Waals surface area (Å²) in [5.74, 6) is -0.837. The molecule has 18 heavy (non-hydrogen) atoms. The fraction of sp³-hybridized carbons (Fsp3) is 0.273. The van der Waals surface area contributed by atoms with E-state index >= 15 is 0 Å². The molecule has 0 bridgehead atoms. The summed E-state index contributed by atoms with van der Waals surface area (Å²) in [7, 11) is 0. The number of carboxylic acids is 1. The van der Waals surface area contributed by atoms with E-state index in [2.05, 4.69) is 4.98 Å². The van der Waals surface area contributed by atoms with Crippen LogP contribution in [0.1, 0.15) is 17.8 Å². The van der Waals surface area contributed by atoms with Gasteiger partial charge in [-0.2, -0.15) is 0 Å². The summed E-state index contributed by atoms with van der Waals surface area (Å²) in [6, 6.07) is 3.93. The van der Waals surface area contributed by atoms with E-state index < -0.39 is 5.97 Å². The third-order valence-electron chi connectivity index (χ3n) is 2.38. The number of aromatic nitrogens is 2. The van der Waals surface area contributed by atoms with Gasteiger partial charge in [-0.15, -0.1) is 11.3 Å². The summed E-state index contributed by atoms with van der Waals surface area (Å²) in [5.41, 5.74) is 0. The molecule has 1 atom stereocenters. The minimum Gasteiger partial charge on any atom is -0.481 e. The van der Waals surface area contributed by atoms with Crippen molar-refractivity contribution in [2.45, 2.75) is 18.1 Å². The number of imidazole rings is 1. The van der Waals surface area contributed by atoms with Crippen LogP contribution in [0.2, 0.25) is 4.34 Å². The molecule has 2 rings (SSSR count). The highest BCUT2D eigenvalue weighted by Crippen LogP contribution is 2.31. The molecule has 0 radical (unpaired) electrons. The largest absolute Gasteiger partial charge is 0.481 e. The molecule has 0 aromatic carbocycles. The van der Waals surface area contributed by atoms with Gasteiger partial charge in [0.25, 0.3) is 0 Å². The fourth-order valence-electron chi connectivity index (χ4n) is 1.52. The first-order valence-electron chi connectivity index (χ1n) is 5.20. The van der Waals surface area contributed by atoms with Gasteiger partial charge in [0.05, 0.1) is 16.1 Å². The zero-order valence-corrected chi connectivity index (χ0v) is 11.9. The smallest absolute Gasteiger partial charge is 0.313 e. The standard InChI is InChI=1S/C11H11ClN2O2S2/c1-7(8-2-3-9(12)18-8)14-5-4-13-11(14)17-6-10(15)16/h2-5,7H,6H2,1H3,(H,15,16). The van der Waals surface area contributed by atoms with E-state index in [0.717, 1.165) is 9.21 Å². The highest BCUT2D eigenvalue weighted by molar-refractivity contribution is 7.99. The van der Waals surface area contributed by atoms with Crippen LogP contribution in [0, 0.1) is 0 Å². The summed E-state index contributed by atoms with van der Waals surface area (Å²) < 4.78 is 2.70. The van der Waals surface area contributed by atoms with Crippen LogP contribution in [-0.2, 0) is 4.79 Å². The van der Waals surface area contributed by atoms with Gasteiger partial charge >= 0.3 is 5.97 Å². The second-order valence-corrected chi connectivity index (χ2v) is 6.31. The maximum atomic E-state index is 10.6. The van der Waals surface area contributed by atoms with Crippen LogP contribution in [0.5, 0.6) is 0 Å². The Balaban J connectivity index is 2.17. The quantitative estimate of drug-likeness (QED) is 0.860.